The predicted molar refractivity (Wildman–Crippen MR) is 69.4 cm³/mol. The van der Waals surface area contributed by atoms with Crippen molar-refractivity contribution in [3.8, 4) is 11.5 Å². The number of ether oxygens (including phenoxy) is 2. The summed E-state index contributed by atoms with van der Waals surface area (Å²) in [6.07, 6.45) is 5.30. The summed E-state index contributed by atoms with van der Waals surface area (Å²) in [5.41, 5.74) is 2.52. The number of benzene rings is 1. The molecule has 1 unspecified atom stereocenters. The van der Waals surface area contributed by atoms with E-state index < -0.39 is 0 Å². The van der Waals surface area contributed by atoms with Crippen molar-refractivity contribution >= 4 is 6.08 Å². The Hall–Kier alpha value is -1.64. The van der Waals surface area contributed by atoms with E-state index in [2.05, 4.69) is 37.2 Å². The summed E-state index contributed by atoms with van der Waals surface area (Å²) in [5, 5.41) is 0. The molecule has 1 atom stereocenters. The molecule has 0 spiro atoms. The van der Waals surface area contributed by atoms with E-state index in [-0.39, 0.29) is 0 Å². The van der Waals surface area contributed by atoms with Gasteiger partial charge in [0, 0.05) is 7.05 Å². The zero-order chi connectivity index (χ0) is 12.4. The fourth-order valence-corrected chi connectivity index (χ4v) is 2.37. The van der Waals surface area contributed by atoms with Gasteiger partial charge in [-0.05, 0) is 42.0 Å². The lowest BCUT2D eigenvalue weighted by Gasteiger charge is -2.31. The Morgan fingerprint density at radius 1 is 1.18 bits per heavy atom. The van der Waals surface area contributed by atoms with Crippen molar-refractivity contribution in [2.24, 2.45) is 0 Å². The lowest BCUT2D eigenvalue weighted by atomic mass is 9.94. The van der Waals surface area contributed by atoms with Gasteiger partial charge in [0.15, 0.2) is 11.5 Å². The highest BCUT2D eigenvalue weighted by Gasteiger charge is 2.21. The van der Waals surface area contributed by atoms with Gasteiger partial charge >= 0.3 is 0 Å². The van der Waals surface area contributed by atoms with Gasteiger partial charge in [0.25, 0.3) is 0 Å². The van der Waals surface area contributed by atoms with Crippen molar-refractivity contribution in [2.75, 3.05) is 21.3 Å². The van der Waals surface area contributed by atoms with Crippen LogP contribution in [0, 0.1) is 0 Å². The van der Waals surface area contributed by atoms with E-state index in [1.54, 1.807) is 14.2 Å². The molecule has 0 N–H and O–H groups in total. The Balaban J connectivity index is 2.53. The van der Waals surface area contributed by atoms with Crippen LogP contribution in [-0.2, 0) is 0 Å². The fourth-order valence-electron chi connectivity index (χ4n) is 2.37. The van der Waals surface area contributed by atoms with Crippen LogP contribution in [0.3, 0.4) is 0 Å². The molecule has 1 aliphatic rings. The predicted octanol–water partition coefficient (Wildman–Crippen LogP) is 3.07. The minimum atomic E-state index is 0.412. The van der Waals surface area contributed by atoms with Crippen molar-refractivity contribution in [2.45, 2.75) is 19.4 Å². The summed E-state index contributed by atoms with van der Waals surface area (Å²) in [4.78, 5) is 2.23. The van der Waals surface area contributed by atoms with Gasteiger partial charge in [-0.15, -0.1) is 0 Å². The third-order valence-corrected chi connectivity index (χ3v) is 3.32. The molecule has 3 nitrogen and oxygen atoms in total. The SMILES string of the molecule is CCC1c2cc(OC)c(OC)cc2C=CN1C. The first-order valence-corrected chi connectivity index (χ1v) is 5.87. The smallest absolute Gasteiger partial charge is 0.161 e. The summed E-state index contributed by atoms with van der Waals surface area (Å²) in [6, 6.07) is 4.54. The van der Waals surface area contributed by atoms with Crippen LogP contribution >= 0.6 is 0 Å². The quantitative estimate of drug-likeness (QED) is 0.801. The van der Waals surface area contributed by atoms with Crippen molar-refractivity contribution in [1.29, 1.82) is 0 Å². The van der Waals surface area contributed by atoms with Gasteiger partial charge in [-0.25, -0.2) is 0 Å². The Kier molecular flexibility index (Phi) is 3.27. The van der Waals surface area contributed by atoms with Crippen LogP contribution in [0.2, 0.25) is 0 Å². The van der Waals surface area contributed by atoms with Gasteiger partial charge < -0.3 is 14.4 Å². The Morgan fingerprint density at radius 3 is 2.41 bits per heavy atom. The highest BCUT2D eigenvalue weighted by atomic mass is 16.5. The van der Waals surface area contributed by atoms with E-state index in [1.165, 1.54) is 11.1 Å². The molecule has 0 saturated heterocycles. The average Bonchev–Trinajstić information content (AvgIpc) is 2.37. The molecule has 0 fully saturated rings. The van der Waals surface area contributed by atoms with Gasteiger partial charge in [-0.1, -0.05) is 6.92 Å². The molecular weight excluding hydrogens is 214 g/mol. The number of hydrogen-bond donors (Lipinski definition) is 0. The van der Waals surface area contributed by atoms with Gasteiger partial charge in [-0.3, -0.25) is 0 Å². The van der Waals surface area contributed by atoms with E-state index in [9.17, 15) is 0 Å². The molecule has 0 aromatic heterocycles. The summed E-state index contributed by atoms with van der Waals surface area (Å²) in [6.45, 7) is 2.20. The summed E-state index contributed by atoms with van der Waals surface area (Å²) in [7, 11) is 5.44. The standard InChI is InChI=1S/C14H19NO2/c1-5-12-11-9-14(17-4)13(16-3)8-10(11)6-7-15(12)2/h6-9,12H,5H2,1-4H3. The second kappa shape index (κ2) is 4.70. The molecule has 92 valence electrons. The Labute approximate surface area is 103 Å². The number of fused-ring (bicyclic) bond motifs is 1. The molecular formula is C14H19NO2. The third-order valence-electron chi connectivity index (χ3n) is 3.32. The van der Waals surface area contributed by atoms with Crippen LogP contribution in [0.15, 0.2) is 18.3 Å². The molecule has 1 aromatic carbocycles. The molecule has 0 radical (unpaired) electrons. The number of methoxy groups -OCH3 is 2. The topological polar surface area (TPSA) is 21.7 Å². The normalized spacial score (nSPS) is 17.9. The van der Waals surface area contributed by atoms with Crippen LogP contribution in [0.25, 0.3) is 6.08 Å². The highest BCUT2D eigenvalue weighted by Crippen LogP contribution is 2.38. The summed E-state index contributed by atoms with van der Waals surface area (Å²) in [5.74, 6) is 1.59. The molecule has 1 heterocycles. The zero-order valence-electron chi connectivity index (χ0n) is 10.9. The number of hydrogen-bond acceptors (Lipinski definition) is 3. The molecule has 0 aliphatic carbocycles. The molecule has 1 aromatic rings. The molecule has 1 aliphatic heterocycles. The van der Waals surface area contributed by atoms with Gasteiger partial charge in [0.2, 0.25) is 0 Å². The van der Waals surface area contributed by atoms with Gasteiger partial charge in [-0.2, -0.15) is 0 Å². The van der Waals surface area contributed by atoms with E-state index in [1.807, 2.05) is 6.07 Å². The van der Waals surface area contributed by atoms with Crippen molar-refractivity contribution in [3.63, 3.8) is 0 Å². The molecule has 0 amide bonds. The van der Waals surface area contributed by atoms with Crippen molar-refractivity contribution in [3.05, 3.63) is 29.5 Å². The minimum Gasteiger partial charge on any atom is -0.493 e. The van der Waals surface area contributed by atoms with Crippen LogP contribution in [0.4, 0.5) is 0 Å². The summed E-state index contributed by atoms with van der Waals surface area (Å²) >= 11 is 0. The lowest BCUT2D eigenvalue weighted by Crippen LogP contribution is -2.22. The molecule has 0 bridgehead atoms. The molecule has 17 heavy (non-hydrogen) atoms. The number of rotatable bonds is 3. The van der Waals surface area contributed by atoms with Crippen LogP contribution in [-0.4, -0.2) is 26.2 Å². The van der Waals surface area contributed by atoms with Crippen molar-refractivity contribution in [1.82, 2.24) is 4.90 Å². The zero-order valence-corrected chi connectivity index (χ0v) is 10.9. The van der Waals surface area contributed by atoms with Crippen LogP contribution < -0.4 is 9.47 Å². The average molecular weight is 233 g/mol. The second-order valence-corrected chi connectivity index (χ2v) is 4.24. The van der Waals surface area contributed by atoms with E-state index in [0.29, 0.717) is 6.04 Å². The Morgan fingerprint density at radius 2 is 1.82 bits per heavy atom. The lowest BCUT2D eigenvalue weighted by molar-refractivity contribution is 0.319. The number of nitrogens with zero attached hydrogens (tertiary/aromatic N) is 1. The maximum Gasteiger partial charge on any atom is 0.161 e. The van der Waals surface area contributed by atoms with Crippen molar-refractivity contribution < 1.29 is 9.47 Å². The largest absolute Gasteiger partial charge is 0.493 e. The first-order valence-electron chi connectivity index (χ1n) is 5.87. The first kappa shape index (κ1) is 11.8. The second-order valence-electron chi connectivity index (χ2n) is 4.24. The monoisotopic (exact) mass is 233 g/mol. The maximum absolute atomic E-state index is 5.36. The fraction of sp³-hybridized carbons (Fsp3) is 0.429. The molecule has 2 rings (SSSR count). The minimum absolute atomic E-state index is 0.412. The highest BCUT2D eigenvalue weighted by molar-refractivity contribution is 5.62. The van der Waals surface area contributed by atoms with Gasteiger partial charge in [0.1, 0.15) is 0 Å². The molecule has 0 saturated carbocycles. The first-order chi connectivity index (χ1) is 8.21. The van der Waals surface area contributed by atoms with Gasteiger partial charge in [0.05, 0.1) is 20.3 Å². The van der Waals surface area contributed by atoms with Crippen LogP contribution in [0.5, 0.6) is 11.5 Å². The maximum atomic E-state index is 5.36. The Bertz CT molecular complexity index is 440. The summed E-state index contributed by atoms with van der Waals surface area (Å²) < 4.78 is 10.7. The van der Waals surface area contributed by atoms with E-state index >= 15 is 0 Å². The van der Waals surface area contributed by atoms with Crippen LogP contribution in [0.1, 0.15) is 30.5 Å². The third kappa shape index (κ3) is 1.97. The molecule has 3 heteroatoms. The van der Waals surface area contributed by atoms with E-state index in [4.69, 9.17) is 9.47 Å². The van der Waals surface area contributed by atoms with E-state index in [0.717, 1.165) is 17.9 Å².